The molecule has 17 heavy (non-hydrogen) atoms. The quantitative estimate of drug-likeness (QED) is 0.818. The summed E-state index contributed by atoms with van der Waals surface area (Å²) in [6.07, 6.45) is 2.99. The fraction of sp³-hybridized carbons (Fsp3) is 0.500. The summed E-state index contributed by atoms with van der Waals surface area (Å²) in [6, 6.07) is 5.23. The molecule has 1 N–H and O–H groups in total. The van der Waals surface area contributed by atoms with Crippen LogP contribution in [0.2, 0.25) is 0 Å². The molecular formula is C12H18BrNO2S. The molecule has 5 heteroatoms. The minimum atomic E-state index is -3.39. The van der Waals surface area contributed by atoms with Crippen molar-refractivity contribution in [3.05, 3.63) is 28.2 Å². The number of benzene rings is 1. The Labute approximate surface area is 112 Å². The van der Waals surface area contributed by atoms with Crippen LogP contribution in [0.25, 0.3) is 0 Å². The maximum Gasteiger partial charge on any atom is 0.241 e. The number of sulfonamides is 1. The third-order valence-corrected chi connectivity index (χ3v) is 4.89. The standard InChI is InChI=1S/C12H18BrNO2S/c1-3-4-5-8-14-17(15,16)12-7-6-10(2)9-11(12)13/h6-7,9,14H,3-5,8H2,1-2H3. The fourth-order valence-corrected chi connectivity index (χ4v) is 3.75. The summed E-state index contributed by atoms with van der Waals surface area (Å²) >= 11 is 3.29. The summed E-state index contributed by atoms with van der Waals surface area (Å²) in [7, 11) is -3.39. The van der Waals surface area contributed by atoms with Crippen LogP contribution in [-0.4, -0.2) is 15.0 Å². The normalized spacial score (nSPS) is 11.7. The number of nitrogens with one attached hydrogen (secondary N) is 1. The lowest BCUT2D eigenvalue weighted by Gasteiger charge is -2.08. The maximum atomic E-state index is 12.0. The number of unbranched alkanes of at least 4 members (excludes halogenated alkanes) is 2. The molecule has 0 aliphatic heterocycles. The lowest BCUT2D eigenvalue weighted by molar-refractivity contribution is 0.575. The van der Waals surface area contributed by atoms with Gasteiger partial charge in [0.25, 0.3) is 0 Å². The Morgan fingerprint density at radius 1 is 1.29 bits per heavy atom. The van der Waals surface area contributed by atoms with E-state index < -0.39 is 10.0 Å². The van der Waals surface area contributed by atoms with E-state index in [9.17, 15) is 8.42 Å². The van der Waals surface area contributed by atoms with Crippen molar-refractivity contribution in [2.45, 2.75) is 38.0 Å². The first-order valence-corrected chi connectivity index (χ1v) is 8.01. The molecule has 0 saturated heterocycles. The van der Waals surface area contributed by atoms with E-state index in [1.807, 2.05) is 6.92 Å². The second-order valence-electron chi connectivity index (χ2n) is 4.04. The Balaban J connectivity index is 2.76. The molecule has 3 nitrogen and oxygen atoms in total. The van der Waals surface area contributed by atoms with E-state index in [0.717, 1.165) is 24.8 Å². The van der Waals surface area contributed by atoms with Crippen molar-refractivity contribution in [3.63, 3.8) is 0 Å². The van der Waals surface area contributed by atoms with Crippen LogP contribution in [0.15, 0.2) is 27.6 Å². The molecule has 0 fully saturated rings. The lowest BCUT2D eigenvalue weighted by atomic mass is 10.2. The van der Waals surface area contributed by atoms with Gasteiger partial charge < -0.3 is 0 Å². The first-order chi connectivity index (χ1) is 7.97. The van der Waals surface area contributed by atoms with Crippen LogP contribution >= 0.6 is 15.9 Å². The van der Waals surface area contributed by atoms with Crippen LogP contribution in [0.4, 0.5) is 0 Å². The molecule has 0 unspecified atom stereocenters. The van der Waals surface area contributed by atoms with Crippen LogP contribution in [0, 0.1) is 6.92 Å². The van der Waals surface area contributed by atoms with Crippen molar-refractivity contribution in [3.8, 4) is 0 Å². The molecular weight excluding hydrogens is 302 g/mol. The predicted molar refractivity (Wildman–Crippen MR) is 73.6 cm³/mol. The van der Waals surface area contributed by atoms with E-state index in [-0.39, 0.29) is 0 Å². The molecule has 0 bridgehead atoms. The monoisotopic (exact) mass is 319 g/mol. The minimum Gasteiger partial charge on any atom is -0.211 e. The molecule has 0 saturated carbocycles. The van der Waals surface area contributed by atoms with Gasteiger partial charge in [-0.1, -0.05) is 25.8 Å². The van der Waals surface area contributed by atoms with Crippen molar-refractivity contribution in [2.75, 3.05) is 6.54 Å². The van der Waals surface area contributed by atoms with Crippen molar-refractivity contribution in [2.24, 2.45) is 0 Å². The molecule has 0 atom stereocenters. The number of halogens is 1. The van der Waals surface area contributed by atoms with Gasteiger partial charge in [-0.3, -0.25) is 0 Å². The molecule has 0 radical (unpaired) electrons. The molecule has 0 heterocycles. The van der Waals surface area contributed by atoms with E-state index in [0.29, 0.717) is 15.9 Å². The second-order valence-corrected chi connectivity index (χ2v) is 6.63. The molecule has 0 aromatic heterocycles. The van der Waals surface area contributed by atoms with Gasteiger partial charge in [-0.05, 0) is 47.0 Å². The van der Waals surface area contributed by atoms with E-state index in [2.05, 4.69) is 27.6 Å². The zero-order chi connectivity index (χ0) is 12.9. The van der Waals surface area contributed by atoms with Gasteiger partial charge in [0.15, 0.2) is 0 Å². The third-order valence-electron chi connectivity index (χ3n) is 2.45. The molecule has 1 aromatic carbocycles. The molecule has 96 valence electrons. The molecule has 0 aliphatic carbocycles. The first-order valence-electron chi connectivity index (χ1n) is 5.73. The number of hydrogen-bond donors (Lipinski definition) is 1. The molecule has 0 amide bonds. The molecule has 1 aromatic rings. The molecule has 0 aliphatic rings. The van der Waals surface area contributed by atoms with Gasteiger partial charge in [-0.15, -0.1) is 0 Å². The maximum absolute atomic E-state index is 12.0. The number of aryl methyl sites for hydroxylation is 1. The molecule has 0 spiro atoms. The Morgan fingerprint density at radius 3 is 2.59 bits per heavy atom. The summed E-state index contributed by atoms with van der Waals surface area (Å²) in [5.41, 5.74) is 1.03. The van der Waals surface area contributed by atoms with Crippen molar-refractivity contribution in [1.82, 2.24) is 4.72 Å². The summed E-state index contributed by atoms with van der Waals surface area (Å²) in [4.78, 5) is 0.305. The molecule has 1 rings (SSSR count). The SMILES string of the molecule is CCCCCNS(=O)(=O)c1ccc(C)cc1Br. The summed E-state index contributed by atoms with van der Waals surface area (Å²) < 4.78 is 27.2. The Kier molecular flexibility index (Phi) is 5.62. The highest BCUT2D eigenvalue weighted by Gasteiger charge is 2.16. The van der Waals surface area contributed by atoms with Gasteiger partial charge in [-0.2, -0.15) is 0 Å². The highest BCUT2D eigenvalue weighted by molar-refractivity contribution is 9.10. The number of hydrogen-bond acceptors (Lipinski definition) is 2. The summed E-state index contributed by atoms with van der Waals surface area (Å²) in [5, 5.41) is 0. The van der Waals surface area contributed by atoms with E-state index >= 15 is 0 Å². The van der Waals surface area contributed by atoms with Crippen LogP contribution in [0.3, 0.4) is 0 Å². The number of rotatable bonds is 6. The minimum absolute atomic E-state index is 0.305. The lowest BCUT2D eigenvalue weighted by Crippen LogP contribution is -2.25. The van der Waals surface area contributed by atoms with Gasteiger partial charge in [0, 0.05) is 11.0 Å². The Bertz CT molecular complexity index is 471. The Morgan fingerprint density at radius 2 is 2.00 bits per heavy atom. The van der Waals surface area contributed by atoms with Gasteiger partial charge in [0.05, 0.1) is 4.90 Å². The van der Waals surface area contributed by atoms with Gasteiger partial charge in [0.1, 0.15) is 0 Å². The summed E-state index contributed by atoms with van der Waals surface area (Å²) in [6.45, 7) is 4.51. The van der Waals surface area contributed by atoms with Gasteiger partial charge in [0.2, 0.25) is 10.0 Å². The van der Waals surface area contributed by atoms with E-state index in [1.165, 1.54) is 0 Å². The van der Waals surface area contributed by atoms with Crippen molar-refractivity contribution >= 4 is 26.0 Å². The first kappa shape index (κ1) is 14.7. The largest absolute Gasteiger partial charge is 0.241 e. The average Bonchev–Trinajstić information content (AvgIpc) is 2.24. The van der Waals surface area contributed by atoms with Crippen molar-refractivity contribution < 1.29 is 8.42 Å². The average molecular weight is 320 g/mol. The predicted octanol–water partition coefficient (Wildman–Crippen LogP) is 3.23. The Hall–Kier alpha value is -0.390. The van der Waals surface area contributed by atoms with Crippen molar-refractivity contribution in [1.29, 1.82) is 0 Å². The second kappa shape index (κ2) is 6.52. The zero-order valence-electron chi connectivity index (χ0n) is 10.2. The summed E-state index contributed by atoms with van der Waals surface area (Å²) in [5.74, 6) is 0. The zero-order valence-corrected chi connectivity index (χ0v) is 12.6. The smallest absolute Gasteiger partial charge is 0.211 e. The van der Waals surface area contributed by atoms with Crippen LogP contribution in [-0.2, 0) is 10.0 Å². The highest BCUT2D eigenvalue weighted by atomic mass is 79.9. The topological polar surface area (TPSA) is 46.2 Å². The third kappa shape index (κ3) is 4.41. The van der Waals surface area contributed by atoms with Crippen LogP contribution in [0.5, 0.6) is 0 Å². The van der Waals surface area contributed by atoms with E-state index in [1.54, 1.807) is 18.2 Å². The van der Waals surface area contributed by atoms with Crippen LogP contribution < -0.4 is 4.72 Å². The van der Waals surface area contributed by atoms with Crippen LogP contribution in [0.1, 0.15) is 31.7 Å². The van der Waals surface area contributed by atoms with Gasteiger partial charge in [-0.25, -0.2) is 13.1 Å². The van der Waals surface area contributed by atoms with E-state index in [4.69, 9.17) is 0 Å². The fourth-order valence-electron chi connectivity index (χ4n) is 1.48. The highest BCUT2D eigenvalue weighted by Crippen LogP contribution is 2.22. The van der Waals surface area contributed by atoms with Gasteiger partial charge >= 0.3 is 0 Å².